The van der Waals surface area contributed by atoms with Crippen LogP contribution >= 0.6 is 0 Å². The van der Waals surface area contributed by atoms with E-state index in [1.54, 1.807) is 11.9 Å². The Morgan fingerprint density at radius 3 is 2.31 bits per heavy atom. The van der Waals surface area contributed by atoms with Gasteiger partial charge in [-0.1, -0.05) is 32.9 Å². The van der Waals surface area contributed by atoms with Gasteiger partial charge >= 0.3 is 0 Å². The highest BCUT2D eigenvalue weighted by Crippen LogP contribution is 2.16. The summed E-state index contributed by atoms with van der Waals surface area (Å²) >= 11 is 0. The fraction of sp³-hybridized carbons (Fsp3) is 0.818. The van der Waals surface area contributed by atoms with Gasteiger partial charge in [0.05, 0.1) is 5.92 Å². The SMILES string of the molecule is CCC(C(=O)N(C)CC(C)(C)C)C(N)=NO. The molecule has 5 heteroatoms. The summed E-state index contributed by atoms with van der Waals surface area (Å²) in [6.45, 7) is 8.65. The van der Waals surface area contributed by atoms with Crippen molar-refractivity contribution in [3.05, 3.63) is 0 Å². The predicted octanol–water partition coefficient (Wildman–Crippen LogP) is 1.26. The number of amides is 1. The van der Waals surface area contributed by atoms with E-state index >= 15 is 0 Å². The standard InChI is InChI=1S/C11H23N3O2/c1-6-8(9(12)13-16)10(15)14(5)7-11(2,3)4/h8,16H,6-7H2,1-5H3,(H2,12,13). The predicted molar refractivity (Wildman–Crippen MR) is 64.3 cm³/mol. The average Bonchev–Trinajstić information content (AvgIpc) is 2.15. The summed E-state index contributed by atoms with van der Waals surface area (Å²) in [5, 5.41) is 11.5. The number of hydrogen-bond donors (Lipinski definition) is 2. The first-order chi connectivity index (χ1) is 7.22. The number of nitrogens with two attached hydrogens (primary N) is 1. The molecule has 16 heavy (non-hydrogen) atoms. The van der Waals surface area contributed by atoms with Gasteiger partial charge in [0.25, 0.3) is 0 Å². The van der Waals surface area contributed by atoms with Crippen LogP contribution in [0.2, 0.25) is 0 Å². The molecule has 3 N–H and O–H groups in total. The molecule has 0 rings (SSSR count). The first kappa shape index (κ1) is 14.7. The van der Waals surface area contributed by atoms with Gasteiger partial charge in [0, 0.05) is 13.6 Å². The Kier molecular flexibility index (Phi) is 5.27. The van der Waals surface area contributed by atoms with E-state index in [1.807, 2.05) is 6.92 Å². The van der Waals surface area contributed by atoms with Gasteiger partial charge in [0.2, 0.25) is 5.91 Å². The van der Waals surface area contributed by atoms with E-state index in [0.717, 1.165) is 0 Å². The molecule has 1 amide bonds. The Morgan fingerprint density at radius 2 is 2.00 bits per heavy atom. The molecule has 0 saturated heterocycles. The molecule has 0 aromatic carbocycles. The summed E-state index contributed by atoms with van der Waals surface area (Å²) in [5.41, 5.74) is 5.52. The smallest absolute Gasteiger partial charge is 0.233 e. The minimum absolute atomic E-state index is 0.0201. The third-order valence-corrected chi connectivity index (χ3v) is 2.27. The highest BCUT2D eigenvalue weighted by molar-refractivity contribution is 6.01. The van der Waals surface area contributed by atoms with Crippen molar-refractivity contribution >= 4 is 11.7 Å². The summed E-state index contributed by atoms with van der Waals surface area (Å²) in [6.07, 6.45) is 0.531. The van der Waals surface area contributed by atoms with Crippen LogP contribution in [0, 0.1) is 11.3 Å². The van der Waals surface area contributed by atoms with E-state index in [9.17, 15) is 4.79 Å². The lowest BCUT2D eigenvalue weighted by atomic mass is 9.95. The van der Waals surface area contributed by atoms with Crippen molar-refractivity contribution in [2.75, 3.05) is 13.6 Å². The van der Waals surface area contributed by atoms with Crippen molar-refractivity contribution in [2.45, 2.75) is 34.1 Å². The van der Waals surface area contributed by atoms with Crippen LogP contribution in [0.5, 0.6) is 0 Å². The zero-order chi connectivity index (χ0) is 12.9. The number of rotatable bonds is 4. The zero-order valence-electron chi connectivity index (χ0n) is 10.8. The number of nitrogens with zero attached hydrogens (tertiary/aromatic N) is 2. The molecule has 0 aliphatic heterocycles. The van der Waals surface area contributed by atoms with Crippen molar-refractivity contribution in [3.63, 3.8) is 0 Å². The molecule has 5 nitrogen and oxygen atoms in total. The molecule has 1 atom stereocenters. The summed E-state index contributed by atoms with van der Waals surface area (Å²) in [5.74, 6) is -0.654. The van der Waals surface area contributed by atoms with Gasteiger partial charge in [-0.3, -0.25) is 4.79 Å². The number of oxime groups is 1. The van der Waals surface area contributed by atoms with E-state index in [2.05, 4.69) is 25.9 Å². The Hall–Kier alpha value is -1.26. The number of amidine groups is 1. The third kappa shape index (κ3) is 4.51. The molecular weight excluding hydrogens is 206 g/mol. The Balaban J connectivity index is 4.64. The van der Waals surface area contributed by atoms with Gasteiger partial charge in [-0.05, 0) is 11.8 Å². The highest BCUT2D eigenvalue weighted by Gasteiger charge is 2.26. The lowest BCUT2D eigenvalue weighted by Crippen LogP contribution is -2.42. The summed E-state index contributed by atoms with van der Waals surface area (Å²) in [7, 11) is 1.74. The Bertz CT molecular complexity index is 269. The van der Waals surface area contributed by atoms with E-state index in [0.29, 0.717) is 13.0 Å². The fourth-order valence-corrected chi connectivity index (χ4v) is 1.64. The minimum atomic E-state index is -0.530. The molecule has 1 unspecified atom stereocenters. The van der Waals surface area contributed by atoms with E-state index in [4.69, 9.17) is 10.9 Å². The molecule has 94 valence electrons. The maximum atomic E-state index is 12.0. The summed E-state index contributed by atoms with van der Waals surface area (Å²) in [6, 6.07) is 0. The zero-order valence-corrected chi connectivity index (χ0v) is 10.8. The van der Waals surface area contributed by atoms with Crippen molar-refractivity contribution in [1.29, 1.82) is 0 Å². The molecule has 0 fully saturated rings. The van der Waals surface area contributed by atoms with Gasteiger partial charge in [-0.25, -0.2) is 0 Å². The second-order valence-corrected chi connectivity index (χ2v) is 5.24. The second kappa shape index (κ2) is 5.72. The molecule has 0 heterocycles. The van der Waals surface area contributed by atoms with Crippen LogP contribution in [0.25, 0.3) is 0 Å². The van der Waals surface area contributed by atoms with Crippen LogP contribution in [-0.2, 0) is 4.79 Å². The van der Waals surface area contributed by atoms with Gasteiger partial charge < -0.3 is 15.8 Å². The topological polar surface area (TPSA) is 78.9 Å². The maximum Gasteiger partial charge on any atom is 0.233 e. The van der Waals surface area contributed by atoms with Gasteiger partial charge in [0.15, 0.2) is 5.84 Å². The lowest BCUT2D eigenvalue weighted by molar-refractivity contribution is -0.133. The largest absolute Gasteiger partial charge is 0.409 e. The van der Waals surface area contributed by atoms with Crippen LogP contribution in [0.1, 0.15) is 34.1 Å². The quantitative estimate of drug-likeness (QED) is 0.330. The fourth-order valence-electron chi connectivity index (χ4n) is 1.64. The van der Waals surface area contributed by atoms with Gasteiger partial charge in [-0.15, -0.1) is 0 Å². The molecule has 0 aromatic rings. The Morgan fingerprint density at radius 1 is 1.50 bits per heavy atom. The van der Waals surface area contributed by atoms with Crippen LogP contribution in [0.4, 0.5) is 0 Å². The molecule has 0 spiro atoms. The maximum absolute atomic E-state index is 12.0. The Labute approximate surface area is 97.3 Å². The van der Waals surface area contributed by atoms with Crippen LogP contribution in [-0.4, -0.2) is 35.4 Å². The second-order valence-electron chi connectivity index (χ2n) is 5.24. The summed E-state index contributed by atoms with van der Waals surface area (Å²) < 4.78 is 0. The van der Waals surface area contributed by atoms with Crippen molar-refractivity contribution < 1.29 is 10.0 Å². The highest BCUT2D eigenvalue weighted by atomic mass is 16.4. The molecule has 0 aromatic heterocycles. The van der Waals surface area contributed by atoms with Gasteiger partial charge in [0.1, 0.15) is 0 Å². The number of carbonyl (C=O) groups is 1. The number of carbonyl (C=O) groups excluding carboxylic acids is 1. The number of hydrogen-bond acceptors (Lipinski definition) is 3. The first-order valence-electron chi connectivity index (χ1n) is 5.45. The molecule has 0 radical (unpaired) electrons. The first-order valence-corrected chi connectivity index (χ1v) is 5.45. The molecule has 0 saturated carbocycles. The van der Waals surface area contributed by atoms with Crippen molar-refractivity contribution in [1.82, 2.24) is 4.90 Å². The van der Waals surface area contributed by atoms with Crippen LogP contribution < -0.4 is 5.73 Å². The van der Waals surface area contributed by atoms with Gasteiger partial charge in [-0.2, -0.15) is 0 Å². The molecule has 0 aliphatic carbocycles. The summed E-state index contributed by atoms with van der Waals surface area (Å²) in [4.78, 5) is 13.6. The minimum Gasteiger partial charge on any atom is -0.409 e. The molecule has 0 aliphatic rings. The van der Waals surface area contributed by atoms with Crippen molar-refractivity contribution in [2.24, 2.45) is 22.2 Å². The van der Waals surface area contributed by atoms with Crippen molar-refractivity contribution in [3.8, 4) is 0 Å². The lowest BCUT2D eigenvalue weighted by Gasteiger charge is -2.29. The monoisotopic (exact) mass is 229 g/mol. The normalized spacial score (nSPS) is 14.7. The molecular formula is C11H23N3O2. The van der Waals surface area contributed by atoms with E-state index in [-0.39, 0.29) is 17.2 Å². The third-order valence-electron chi connectivity index (χ3n) is 2.27. The van der Waals surface area contributed by atoms with E-state index < -0.39 is 5.92 Å². The molecule has 0 bridgehead atoms. The van der Waals surface area contributed by atoms with Crippen LogP contribution in [0.3, 0.4) is 0 Å². The average molecular weight is 229 g/mol. The van der Waals surface area contributed by atoms with E-state index in [1.165, 1.54) is 0 Å². The van der Waals surface area contributed by atoms with Crippen LogP contribution in [0.15, 0.2) is 5.16 Å².